The molecule has 11 nitrogen and oxygen atoms in total. The van der Waals surface area contributed by atoms with E-state index < -0.39 is 17.8 Å². The summed E-state index contributed by atoms with van der Waals surface area (Å²) in [5.74, 6) is -0.784. The summed E-state index contributed by atoms with van der Waals surface area (Å²) >= 11 is 0. The van der Waals surface area contributed by atoms with Crippen molar-refractivity contribution in [2.24, 2.45) is 0 Å². The highest BCUT2D eigenvalue weighted by Crippen LogP contribution is 2.40. The average molecular weight is 685 g/mol. The van der Waals surface area contributed by atoms with E-state index in [1.165, 1.54) is 0 Å². The van der Waals surface area contributed by atoms with Crippen molar-refractivity contribution in [1.82, 2.24) is 10.2 Å². The molecule has 0 aliphatic carbocycles. The Labute approximate surface area is 293 Å². The van der Waals surface area contributed by atoms with Gasteiger partial charge in [0.2, 0.25) is 11.8 Å². The molecular formula is C39H48N4O7. The molecule has 3 unspecified atom stereocenters. The predicted octanol–water partition coefficient (Wildman–Crippen LogP) is 5.52. The molecule has 3 saturated heterocycles. The monoisotopic (exact) mass is 684 g/mol. The third-order valence-electron chi connectivity index (χ3n) is 10.2. The lowest BCUT2D eigenvalue weighted by atomic mass is 9.85. The van der Waals surface area contributed by atoms with Crippen LogP contribution in [0.25, 0.3) is 0 Å². The third kappa shape index (κ3) is 8.70. The van der Waals surface area contributed by atoms with E-state index in [1.54, 1.807) is 0 Å². The SMILES string of the molecule is O=C(O)CCCCCCC(=O)Nc1cccc(C2OC(CN3CCC4(CC3)C(=O)NCN4c3ccccc3)CC(c3ccc(CO)cc3)O2)c1. The van der Waals surface area contributed by atoms with E-state index in [9.17, 15) is 19.5 Å². The topological polar surface area (TPSA) is 141 Å². The van der Waals surface area contributed by atoms with Gasteiger partial charge in [0.1, 0.15) is 5.54 Å². The zero-order chi connectivity index (χ0) is 34.9. The lowest BCUT2D eigenvalue weighted by molar-refractivity contribution is -0.253. The number of carboxylic acids is 1. The molecule has 266 valence electrons. The number of piperidine rings is 1. The molecule has 3 atom stereocenters. The normalized spacial score (nSPS) is 22.0. The first kappa shape index (κ1) is 35.5. The molecule has 3 aliphatic rings. The second-order valence-corrected chi connectivity index (χ2v) is 13.6. The number of aliphatic hydroxyl groups excluding tert-OH is 1. The molecule has 0 saturated carbocycles. The maximum atomic E-state index is 13.2. The number of likely N-dealkylation sites (tertiary alicyclic amines) is 1. The number of aliphatic hydroxyl groups is 1. The molecule has 3 heterocycles. The standard InChI is InChI=1S/C39H48N4O7/c44-26-28-15-17-29(18-16-28)34-24-33(25-42-21-19-39(20-22-42)38(48)40-27-43(39)32-11-4-3-5-12-32)49-37(50-34)30-9-8-10-31(23-30)41-35(45)13-6-1-2-7-14-36(46)47/h3-5,8-12,15-18,23,33-34,37,44H,1-2,6-7,13-14,19-22,24-27H2,(H,40,48)(H,41,45)(H,46,47). The molecule has 0 aromatic heterocycles. The van der Waals surface area contributed by atoms with Gasteiger partial charge in [-0.3, -0.25) is 14.4 Å². The second-order valence-electron chi connectivity index (χ2n) is 13.6. The molecule has 3 aliphatic heterocycles. The Kier molecular flexibility index (Phi) is 11.8. The Bertz CT molecular complexity index is 1590. The van der Waals surface area contributed by atoms with Gasteiger partial charge in [-0.15, -0.1) is 0 Å². The number of carbonyl (C=O) groups excluding carboxylic acids is 2. The van der Waals surface area contributed by atoms with Gasteiger partial charge in [-0.2, -0.15) is 0 Å². The molecular weight excluding hydrogens is 636 g/mol. The van der Waals surface area contributed by atoms with Crippen LogP contribution in [0.15, 0.2) is 78.9 Å². The van der Waals surface area contributed by atoms with Crippen LogP contribution in [0.1, 0.15) is 86.9 Å². The highest BCUT2D eigenvalue weighted by molar-refractivity contribution is 5.93. The van der Waals surface area contributed by atoms with E-state index in [2.05, 4.69) is 32.6 Å². The fourth-order valence-electron chi connectivity index (χ4n) is 7.36. The van der Waals surface area contributed by atoms with E-state index in [1.807, 2.05) is 66.7 Å². The molecule has 11 heteroatoms. The molecule has 50 heavy (non-hydrogen) atoms. The van der Waals surface area contributed by atoms with E-state index in [0.29, 0.717) is 44.6 Å². The van der Waals surface area contributed by atoms with Crippen LogP contribution in [-0.4, -0.2) is 70.8 Å². The van der Waals surface area contributed by atoms with Gasteiger partial charge in [0, 0.05) is 55.8 Å². The molecule has 2 amide bonds. The Morgan fingerprint density at radius 2 is 1.62 bits per heavy atom. The van der Waals surface area contributed by atoms with Gasteiger partial charge in [-0.1, -0.05) is 67.4 Å². The van der Waals surface area contributed by atoms with Crippen LogP contribution in [0.2, 0.25) is 0 Å². The minimum absolute atomic E-state index is 0.0282. The number of unbranched alkanes of at least 4 members (excludes halogenated alkanes) is 3. The van der Waals surface area contributed by atoms with Crippen LogP contribution in [-0.2, 0) is 30.5 Å². The van der Waals surface area contributed by atoms with Crippen molar-refractivity contribution in [3.63, 3.8) is 0 Å². The van der Waals surface area contributed by atoms with Gasteiger partial charge >= 0.3 is 5.97 Å². The lowest BCUT2D eigenvalue weighted by Gasteiger charge is -2.45. The highest BCUT2D eigenvalue weighted by Gasteiger charge is 2.50. The third-order valence-corrected chi connectivity index (χ3v) is 10.2. The highest BCUT2D eigenvalue weighted by atomic mass is 16.7. The molecule has 3 aromatic carbocycles. The van der Waals surface area contributed by atoms with E-state index in [0.717, 1.165) is 61.2 Å². The van der Waals surface area contributed by atoms with Crippen LogP contribution in [0.4, 0.5) is 11.4 Å². The molecule has 0 bridgehead atoms. The molecule has 3 aromatic rings. The largest absolute Gasteiger partial charge is 0.481 e. The zero-order valence-corrected chi connectivity index (χ0v) is 28.5. The van der Waals surface area contributed by atoms with Crippen molar-refractivity contribution >= 4 is 29.2 Å². The Hall–Kier alpha value is -4.29. The van der Waals surface area contributed by atoms with E-state index in [4.69, 9.17) is 14.6 Å². The van der Waals surface area contributed by atoms with Gasteiger partial charge < -0.3 is 40.1 Å². The smallest absolute Gasteiger partial charge is 0.303 e. The summed E-state index contributed by atoms with van der Waals surface area (Å²) in [6.07, 6.45) is 4.48. The minimum Gasteiger partial charge on any atom is -0.481 e. The van der Waals surface area contributed by atoms with Crippen LogP contribution < -0.4 is 15.5 Å². The number of hydrogen-bond donors (Lipinski definition) is 4. The van der Waals surface area contributed by atoms with Crippen molar-refractivity contribution < 1.29 is 34.1 Å². The summed E-state index contributed by atoms with van der Waals surface area (Å²) in [7, 11) is 0. The molecule has 4 N–H and O–H groups in total. The maximum Gasteiger partial charge on any atom is 0.303 e. The number of para-hydroxylation sites is 1. The number of ether oxygens (including phenoxy) is 2. The summed E-state index contributed by atoms with van der Waals surface area (Å²) in [4.78, 5) is 41.2. The maximum absolute atomic E-state index is 13.2. The summed E-state index contributed by atoms with van der Waals surface area (Å²) in [5.41, 5.74) is 3.80. The fourth-order valence-corrected chi connectivity index (χ4v) is 7.36. The fraction of sp³-hybridized carbons (Fsp3) is 0.462. The number of rotatable bonds is 14. The molecule has 3 fully saturated rings. The Balaban J connectivity index is 1.11. The van der Waals surface area contributed by atoms with Gasteiger partial charge in [-0.05, 0) is 61.1 Å². The van der Waals surface area contributed by atoms with Crippen molar-refractivity contribution in [2.45, 2.75) is 88.4 Å². The first-order valence-corrected chi connectivity index (χ1v) is 17.8. The number of amides is 2. The Morgan fingerprint density at radius 3 is 2.34 bits per heavy atom. The van der Waals surface area contributed by atoms with Crippen LogP contribution in [0, 0.1) is 0 Å². The number of carbonyl (C=O) groups is 3. The van der Waals surface area contributed by atoms with Gasteiger partial charge in [-0.25, -0.2) is 0 Å². The molecule has 1 spiro atoms. The number of benzene rings is 3. The van der Waals surface area contributed by atoms with Crippen molar-refractivity contribution in [2.75, 3.05) is 36.5 Å². The number of nitrogens with zero attached hydrogens (tertiary/aromatic N) is 2. The average Bonchev–Trinajstić information content (AvgIpc) is 3.45. The van der Waals surface area contributed by atoms with Crippen molar-refractivity contribution in [1.29, 1.82) is 0 Å². The van der Waals surface area contributed by atoms with Gasteiger partial charge in [0.05, 0.1) is 25.5 Å². The lowest BCUT2D eigenvalue weighted by Crippen LogP contribution is -2.57. The summed E-state index contributed by atoms with van der Waals surface area (Å²) < 4.78 is 13.2. The molecule has 6 rings (SSSR count). The zero-order valence-electron chi connectivity index (χ0n) is 28.5. The van der Waals surface area contributed by atoms with Gasteiger partial charge in [0.15, 0.2) is 6.29 Å². The van der Waals surface area contributed by atoms with E-state index >= 15 is 0 Å². The predicted molar refractivity (Wildman–Crippen MR) is 189 cm³/mol. The number of carboxylic acid groups (broad SMARTS) is 1. The summed E-state index contributed by atoms with van der Waals surface area (Å²) in [6.45, 7) is 2.70. The first-order valence-electron chi connectivity index (χ1n) is 17.8. The quantitative estimate of drug-likeness (QED) is 0.162. The van der Waals surface area contributed by atoms with Gasteiger partial charge in [0.25, 0.3) is 0 Å². The van der Waals surface area contributed by atoms with Crippen molar-refractivity contribution in [3.8, 4) is 0 Å². The van der Waals surface area contributed by atoms with Crippen molar-refractivity contribution in [3.05, 3.63) is 95.6 Å². The summed E-state index contributed by atoms with van der Waals surface area (Å²) in [5, 5.41) is 24.5. The summed E-state index contributed by atoms with van der Waals surface area (Å²) in [6, 6.07) is 25.5. The second kappa shape index (κ2) is 16.6. The van der Waals surface area contributed by atoms with Crippen LogP contribution >= 0.6 is 0 Å². The number of aliphatic carboxylic acids is 1. The number of anilines is 2. The minimum atomic E-state index is -0.791. The molecule has 0 radical (unpaired) electrons. The van der Waals surface area contributed by atoms with Crippen LogP contribution in [0.3, 0.4) is 0 Å². The first-order chi connectivity index (χ1) is 24.3. The number of nitrogens with one attached hydrogen (secondary N) is 2. The van der Waals surface area contributed by atoms with Crippen LogP contribution in [0.5, 0.6) is 0 Å². The Morgan fingerprint density at radius 1 is 0.880 bits per heavy atom. The number of hydrogen-bond acceptors (Lipinski definition) is 8. The van der Waals surface area contributed by atoms with E-state index in [-0.39, 0.29) is 37.0 Å².